The molecule has 4 nitrogen and oxygen atoms in total. The van der Waals surface area contributed by atoms with Gasteiger partial charge in [0, 0.05) is 0 Å². The SMILES string of the molecule is CCC(O)CCCC(O)CCCC(O)CCCC(O)CC. The van der Waals surface area contributed by atoms with Gasteiger partial charge in [-0.15, -0.1) is 0 Å². The highest BCUT2D eigenvalue weighted by atomic mass is 16.3. The molecule has 0 saturated carbocycles. The summed E-state index contributed by atoms with van der Waals surface area (Å²) in [5.74, 6) is 0. The van der Waals surface area contributed by atoms with Gasteiger partial charge in [0.2, 0.25) is 0 Å². The third-order valence-corrected chi connectivity index (χ3v) is 4.17. The Kier molecular flexibility index (Phi) is 13.4. The minimum absolute atomic E-state index is 0.238. The van der Waals surface area contributed by atoms with Crippen molar-refractivity contribution in [1.82, 2.24) is 0 Å². The van der Waals surface area contributed by atoms with Crippen LogP contribution in [0, 0.1) is 0 Å². The van der Waals surface area contributed by atoms with Gasteiger partial charge in [0.15, 0.2) is 0 Å². The molecule has 4 N–H and O–H groups in total. The fraction of sp³-hybridized carbons (Fsp3) is 1.00. The van der Waals surface area contributed by atoms with E-state index in [0.717, 1.165) is 70.6 Å². The number of aliphatic hydroxyl groups is 4. The van der Waals surface area contributed by atoms with Crippen molar-refractivity contribution in [3.63, 3.8) is 0 Å². The highest BCUT2D eigenvalue weighted by molar-refractivity contribution is 4.63. The molecule has 0 heterocycles. The molecule has 21 heavy (non-hydrogen) atoms. The van der Waals surface area contributed by atoms with Gasteiger partial charge in [-0.2, -0.15) is 0 Å². The highest BCUT2D eigenvalue weighted by Gasteiger charge is 2.10. The van der Waals surface area contributed by atoms with Crippen LogP contribution in [0.3, 0.4) is 0 Å². The van der Waals surface area contributed by atoms with Gasteiger partial charge in [-0.05, 0) is 70.6 Å². The van der Waals surface area contributed by atoms with Gasteiger partial charge in [-0.1, -0.05) is 13.8 Å². The molecule has 0 aliphatic heterocycles. The predicted molar refractivity (Wildman–Crippen MR) is 86.2 cm³/mol. The Balaban J connectivity index is 3.46. The summed E-state index contributed by atoms with van der Waals surface area (Å²) in [7, 11) is 0. The van der Waals surface area contributed by atoms with Crippen LogP contribution in [0.1, 0.15) is 84.5 Å². The largest absolute Gasteiger partial charge is 0.393 e. The van der Waals surface area contributed by atoms with Gasteiger partial charge >= 0.3 is 0 Å². The maximum absolute atomic E-state index is 9.83. The number of hydrogen-bond acceptors (Lipinski definition) is 4. The summed E-state index contributed by atoms with van der Waals surface area (Å²) in [5, 5.41) is 38.5. The van der Waals surface area contributed by atoms with Crippen LogP contribution in [0.5, 0.6) is 0 Å². The lowest BCUT2D eigenvalue weighted by atomic mass is 10.00. The highest BCUT2D eigenvalue weighted by Crippen LogP contribution is 2.14. The van der Waals surface area contributed by atoms with E-state index < -0.39 is 0 Å². The molecule has 0 fully saturated rings. The molecule has 0 aromatic heterocycles. The zero-order valence-electron chi connectivity index (χ0n) is 13.9. The Bertz CT molecular complexity index is 201. The zero-order valence-corrected chi connectivity index (χ0v) is 13.9. The van der Waals surface area contributed by atoms with Crippen LogP contribution in [0.4, 0.5) is 0 Å². The summed E-state index contributed by atoms with van der Waals surface area (Å²) in [5.41, 5.74) is 0. The molecule has 0 spiro atoms. The van der Waals surface area contributed by atoms with E-state index in [9.17, 15) is 20.4 Å². The van der Waals surface area contributed by atoms with Crippen molar-refractivity contribution in [1.29, 1.82) is 0 Å². The van der Waals surface area contributed by atoms with Crippen molar-refractivity contribution in [3.05, 3.63) is 0 Å². The summed E-state index contributed by atoms with van der Waals surface area (Å²) in [6, 6.07) is 0. The third-order valence-electron chi connectivity index (χ3n) is 4.17. The summed E-state index contributed by atoms with van der Waals surface area (Å²) in [4.78, 5) is 0. The minimum atomic E-state index is -0.317. The van der Waals surface area contributed by atoms with Gasteiger partial charge < -0.3 is 20.4 Å². The lowest BCUT2D eigenvalue weighted by Gasteiger charge is -2.14. The van der Waals surface area contributed by atoms with Crippen LogP contribution in [0.2, 0.25) is 0 Å². The van der Waals surface area contributed by atoms with Crippen LogP contribution in [-0.2, 0) is 0 Å². The van der Waals surface area contributed by atoms with Crippen LogP contribution < -0.4 is 0 Å². The van der Waals surface area contributed by atoms with E-state index in [-0.39, 0.29) is 24.4 Å². The van der Waals surface area contributed by atoms with Crippen LogP contribution in [0.15, 0.2) is 0 Å². The lowest BCUT2D eigenvalue weighted by Crippen LogP contribution is -2.13. The van der Waals surface area contributed by atoms with E-state index >= 15 is 0 Å². The Morgan fingerprint density at radius 3 is 0.952 bits per heavy atom. The van der Waals surface area contributed by atoms with Crippen molar-refractivity contribution in [2.75, 3.05) is 0 Å². The monoisotopic (exact) mass is 304 g/mol. The Labute approximate surface area is 130 Å². The Hall–Kier alpha value is -0.160. The average Bonchev–Trinajstić information content (AvgIpc) is 2.46. The first-order valence-corrected chi connectivity index (χ1v) is 8.71. The van der Waals surface area contributed by atoms with Crippen molar-refractivity contribution in [3.8, 4) is 0 Å². The predicted octanol–water partition coefficient (Wildman–Crippen LogP) is 2.76. The van der Waals surface area contributed by atoms with Crippen molar-refractivity contribution >= 4 is 0 Å². The molecule has 0 aromatic rings. The second-order valence-electron chi connectivity index (χ2n) is 6.22. The minimum Gasteiger partial charge on any atom is -0.393 e. The van der Waals surface area contributed by atoms with E-state index in [1.807, 2.05) is 13.8 Å². The fourth-order valence-electron chi connectivity index (χ4n) is 2.46. The molecule has 0 aliphatic rings. The molecule has 128 valence electrons. The Morgan fingerprint density at radius 2 is 0.714 bits per heavy atom. The molecule has 0 aromatic carbocycles. The van der Waals surface area contributed by atoms with Gasteiger partial charge in [-0.25, -0.2) is 0 Å². The summed E-state index contributed by atoms with van der Waals surface area (Å²) in [6.07, 6.45) is 7.40. The van der Waals surface area contributed by atoms with Crippen molar-refractivity contribution < 1.29 is 20.4 Å². The van der Waals surface area contributed by atoms with Crippen molar-refractivity contribution in [2.24, 2.45) is 0 Å². The lowest BCUT2D eigenvalue weighted by molar-refractivity contribution is 0.108. The van der Waals surface area contributed by atoms with Gasteiger partial charge in [0.05, 0.1) is 24.4 Å². The quantitative estimate of drug-likeness (QED) is 0.398. The van der Waals surface area contributed by atoms with Crippen LogP contribution in [0.25, 0.3) is 0 Å². The van der Waals surface area contributed by atoms with Crippen LogP contribution in [-0.4, -0.2) is 44.8 Å². The van der Waals surface area contributed by atoms with E-state index in [0.29, 0.717) is 0 Å². The smallest absolute Gasteiger partial charge is 0.0540 e. The molecule has 0 rings (SSSR count). The van der Waals surface area contributed by atoms with E-state index in [1.165, 1.54) is 0 Å². The van der Waals surface area contributed by atoms with E-state index in [1.54, 1.807) is 0 Å². The normalized spacial score (nSPS) is 17.4. The third kappa shape index (κ3) is 13.2. The molecular formula is C17H36O4. The maximum Gasteiger partial charge on any atom is 0.0540 e. The summed E-state index contributed by atoms with van der Waals surface area (Å²) >= 11 is 0. The van der Waals surface area contributed by atoms with E-state index in [2.05, 4.69) is 0 Å². The fourth-order valence-corrected chi connectivity index (χ4v) is 2.46. The number of aliphatic hydroxyl groups excluding tert-OH is 4. The second-order valence-corrected chi connectivity index (χ2v) is 6.22. The summed E-state index contributed by atoms with van der Waals surface area (Å²) in [6.45, 7) is 3.92. The van der Waals surface area contributed by atoms with E-state index in [4.69, 9.17) is 0 Å². The standard InChI is InChI=1S/C17H36O4/c1-3-14(18)8-5-10-16(20)12-7-13-17(21)11-6-9-15(19)4-2/h14-21H,3-13H2,1-2H3. The van der Waals surface area contributed by atoms with Gasteiger partial charge in [-0.3, -0.25) is 0 Å². The van der Waals surface area contributed by atoms with Crippen molar-refractivity contribution in [2.45, 2.75) is 109 Å². The molecule has 0 radical (unpaired) electrons. The topological polar surface area (TPSA) is 80.9 Å². The molecule has 0 bridgehead atoms. The summed E-state index contributed by atoms with van der Waals surface area (Å²) < 4.78 is 0. The average molecular weight is 304 g/mol. The molecular weight excluding hydrogens is 268 g/mol. The molecule has 0 aliphatic carbocycles. The molecule has 4 heteroatoms. The van der Waals surface area contributed by atoms with Gasteiger partial charge in [0.25, 0.3) is 0 Å². The molecule has 0 saturated heterocycles. The number of rotatable bonds is 14. The van der Waals surface area contributed by atoms with Crippen LogP contribution >= 0.6 is 0 Å². The molecule has 4 unspecified atom stereocenters. The second kappa shape index (κ2) is 13.5. The number of hydrogen-bond donors (Lipinski definition) is 4. The first-order chi connectivity index (χ1) is 9.99. The first kappa shape index (κ1) is 20.8. The molecule has 4 atom stereocenters. The first-order valence-electron chi connectivity index (χ1n) is 8.71. The zero-order chi connectivity index (χ0) is 16.1. The molecule has 0 amide bonds. The Morgan fingerprint density at radius 1 is 0.476 bits per heavy atom. The van der Waals surface area contributed by atoms with Gasteiger partial charge in [0.1, 0.15) is 0 Å². The maximum atomic E-state index is 9.83.